The van der Waals surface area contributed by atoms with Gasteiger partial charge in [-0.2, -0.15) is 0 Å². The molecule has 0 bridgehead atoms. The molecule has 1 amide bonds. The molecule has 1 fully saturated rings. The molecule has 31 heavy (non-hydrogen) atoms. The van der Waals surface area contributed by atoms with Gasteiger partial charge in [0.15, 0.2) is 5.89 Å². The molecule has 3 aromatic rings. The number of amides is 1. The van der Waals surface area contributed by atoms with Gasteiger partial charge < -0.3 is 18.8 Å². The van der Waals surface area contributed by atoms with Gasteiger partial charge in [0.25, 0.3) is 0 Å². The molecule has 162 valence electrons. The lowest BCUT2D eigenvalue weighted by Gasteiger charge is -2.31. The fraction of sp³-hybridized carbons (Fsp3) is 0.360. The van der Waals surface area contributed by atoms with Crippen LogP contribution in [-0.4, -0.2) is 43.1 Å². The molecule has 1 saturated heterocycles. The second kappa shape index (κ2) is 9.69. The zero-order valence-electron chi connectivity index (χ0n) is 18.0. The first-order valence-electron chi connectivity index (χ1n) is 10.6. The zero-order valence-corrected chi connectivity index (χ0v) is 18.0. The van der Waals surface area contributed by atoms with Crippen molar-refractivity contribution in [2.75, 3.05) is 27.3 Å². The molecule has 1 atom stereocenters. The third kappa shape index (κ3) is 5.26. The molecule has 1 aliphatic heterocycles. The van der Waals surface area contributed by atoms with E-state index in [0.717, 1.165) is 53.7 Å². The maximum atomic E-state index is 12.9. The molecular formula is C25H28N2O4. The monoisotopic (exact) mass is 420 g/mol. The Balaban J connectivity index is 1.37. The Kier molecular flexibility index (Phi) is 6.55. The highest BCUT2D eigenvalue weighted by molar-refractivity contribution is 5.79. The number of ether oxygens (including phenoxy) is 2. The van der Waals surface area contributed by atoms with Crippen molar-refractivity contribution in [1.82, 2.24) is 9.88 Å². The third-order valence-electron chi connectivity index (χ3n) is 5.72. The van der Waals surface area contributed by atoms with Gasteiger partial charge in [-0.05, 0) is 48.2 Å². The fourth-order valence-corrected chi connectivity index (χ4v) is 4.01. The molecular weight excluding hydrogens is 392 g/mol. The number of hydrogen-bond acceptors (Lipinski definition) is 5. The van der Waals surface area contributed by atoms with Gasteiger partial charge in [0, 0.05) is 19.5 Å². The van der Waals surface area contributed by atoms with Crippen molar-refractivity contribution in [3.63, 3.8) is 0 Å². The Hall–Kier alpha value is -3.28. The maximum absolute atomic E-state index is 12.9. The Morgan fingerprint density at radius 2 is 1.90 bits per heavy atom. The van der Waals surface area contributed by atoms with Crippen molar-refractivity contribution in [1.29, 1.82) is 0 Å². The third-order valence-corrected chi connectivity index (χ3v) is 5.72. The van der Waals surface area contributed by atoms with Crippen molar-refractivity contribution in [2.24, 2.45) is 0 Å². The van der Waals surface area contributed by atoms with E-state index >= 15 is 0 Å². The molecule has 0 spiro atoms. The number of rotatable bonds is 7. The van der Waals surface area contributed by atoms with Crippen molar-refractivity contribution in [3.05, 3.63) is 77.5 Å². The first kappa shape index (κ1) is 21.0. The molecule has 4 rings (SSSR count). The summed E-state index contributed by atoms with van der Waals surface area (Å²) in [5.41, 5.74) is 2.10. The number of benzene rings is 2. The van der Waals surface area contributed by atoms with Crippen LogP contribution in [0.15, 0.2) is 59.1 Å². The smallest absolute Gasteiger partial charge is 0.227 e. The van der Waals surface area contributed by atoms with E-state index in [-0.39, 0.29) is 11.8 Å². The summed E-state index contributed by atoms with van der Waals surface area (Å²) in [5, 5.41) is 0. The van der Waals surface area contributed by atoms with Crippen LogP contribution in [0.1, 0.15) is 41.5 Å². The van der Waals surface area contributed by atoms with Gasteiger partial charge in [-0.15, -0.1) is 0 Å². The van der Waals surface area contributed by atoms with Crippen molar-refractivity contribution >= 4 is 5.91 Å². The topological polar surface area (TPSA) is 64.8 Å². The van der Waals surface area contributed by atoms with Crippen LogP contribution in [0.2, 0.25) is 0 Å². The lowest BCUT2D eigenvalue weighted by molar-refractivity contribution is -0.131. The van der Waals surface area contributed by atoms with E-state index in [2.05, 4.69) is 4.98 Å². The summed E-state index contributed by atoms with van der Waals surface area (Å²) in [6.07, 6.45) is 4.78. The van der Waals surface area contributed by atoms with Gasteiger partial charge in [-0.25, -0.2) is 4.98 Å². The van der Waals surface area contributed by atoms with E-state index in [9.17, 15) is 4.79 Å². The van der Waals surface area contributed by atoms with Crippen LogP contribution in [-0.2, 0) is 17.6 Å². The normalized spacial score (nSPS) is 16.2. The van der Waals surface area contributed by atoms with Crippen molar-refractivity contribution in [2.45, 2.75) is 31.6 Å². The maximum Gasteiger partial charge on any atom is 0.227 e. The molecule has 1 aromatic heterocycles. The van der Waals surface area contributed by atoms with Gasteiger partial charge in [0.2, 0.25) is 5.91 Å². The lowest BCUT2D eigenvalue weighted by atomic mass is 9.97. The van der Waals surface area contributed by atoms with Gasteiger partial charge in [-0.3, -0.25) is 4.79 Å². The van der Waals surface area contributed by atoms with E-state index in [1.165, 1.54) is 0 Å². The van der Waals surface area contributed by atoms with E-state index in [1.807, 2.05) is 53.4 Å². The summed E-state index contributed by atoms with van der Waals surface area (Å²) in [6.45, 7) is 1.42. The highest BCUT2D eigenvalue weighted by atomic mass is 16.5. The SMILES string of the molecule is COc1ccc(Cc2cnc([C@@H]3CCCN(C(=O)Cc4cccc(OC)c4)C3)o2)cc1. The number of piperidine rings is 1. The number of oxazole rings is 1. The molecule has 0 N–H and O–H groups in total. The Morgan fingerprint density at radius 1 is 1.10 bits per heavy atom. The Labute approximate surface area is 182 Å². The molecule has 0 saturated carbocycles. The minimum atomic E-state index is 0.128. The molecule has 6 heteroatoms. The Bertz CT molecular complexity index is 1010. The van der Waals surface area contributed by atoms with Gasteiger partial charge in [0.05, 0.1) is 32.8 Å². The number of nitrogens with zero attached hydrogens (tertiary/aromatic N) is 2. The van der Waals surface area contributed by atoms with E-state index in [0.29, 0.717) is 19.4 Å². The van der Waals surface area contributed by atoms with Crippen molar-refractivity contribution in [3.8, 4) is 11.5 Å². The number of likely N-dealkylation sites (tertiary alicyclic amines) is 1. The number of methoxy groups -OCH3 is 2. The number of carbonyl (C=O) groups is 1. The predicted octanol–water partition coefficient (Wildman–Crippen LogP) is 4.23. The van der Waals surface area contributed by atoms with Crippen LogP contribution in [0.25, 0.3) is 0 Å². The van der Waals surface area contributed by atoms with Crippen LogP contribution in [0, 0.1) is 0 Å². The molecule has 2 heterocycles. The van der Waals surface area contributed by atoms with Crippen LogP contribution in [0.5, 0.6) is 11.5 Å². The minimum absolute atomic E-state index is 0.128. The molecule has 0 radical (unpaired) electrons. The second-order valence-corrected chi connectivity index (χ2v) is 7.90. The van der Waals surface area contributed by atoms with Crippen LogP contribution in [0.3, 0.4) is 0 Å². The average Bonchev–Trinajstić information content (AvgIpc) is 3.28. The quantitative estimate of drug-likeness (QED) is 0.572. The second-order valence-electron chi connectivity index (χ2n) is 7.90. The first-order valence-corrected chi connectivity index (χ1v) is 10.6. The highest BCUT2D eigenvalue weighted by Gasteiger charge is 2.28. The number of carbonyl (C=O) groups excluding carboxylic acids is 1. The summed E-state index contributed by atoms with van der Waals surface area (Å²) >= 11 is 0. The lowest BCUT2D eigenvalue weighted by Crippen LogP contribution is -2.40. The Morgan fingerprint density at radius 3 is 2.68 bits per heavy atom. The molecule has 0 aliphatic carbocycles. The summed E-state index contributed by atoms with van der Waals surface area (Å²) < 4.78 is 16.5. The van der Waals surface area contributed by atoms with Gasteiger partial charge >= 0.3 is 0 Å². The summed E-state index contributed by atoms with van der Waals surface area (Å²) in [5.74, 6) is 3.42. The van der Waals surface area contributed by atoms with Crippen LogP contribution in [0.4, 0.5) is 0 Å². The molecule has 6 nitrogen and oxygen atoms in total. The van der Waals surface area contributed by atoms with Crippen LogP contribution >= 0.6 is 0 Å². The molecule has 1 aliphatic rings. The number of aromatic nitrogens is 1. The molecule has 2 aromatic carbocycles. The van der Waals surface area contributed by atoms with Crippen molar-refractivity contribution < 1.29 is 18.7 Å². The summed E-state index contributed by atoms with van der Waals surface area (Å²) in [6, 6.07) is 15.6. The standard InChI is InChI=1S/C25H28N2O4/c1-29-21-10-8-18(9-11-21)13-23-16-26-25(31-23)20-6-4-12-27(17-20)24(28)15-19-5-3-7-22(14-19)30-2/h3,5,7-11,14,16,20H,4,6,12-13,15,17H2,1-2H3/t20-/m1/s1. The summed E-state index contributed by atoms with van der Waals surface area (Å²) in [7, 11) is 3.29. The van der Waals surface area contributed by atoms with E-state index < -0.39 is 0 Å². The van der Waals surface area contributed by atoms with E-state index in [1.54, 1.807) is 20.4 Å². The number of hydrogen-bond donors (Lipinski definition) is 0. The zero-order chi connectivity index (χ0) is 21.6. The minimum Gasteiger partial charge on any atom is -0.497 e. The van der Waals surface area contributed by atoms with Gasteiger partial charge in [0.1, 0.15) is 17.3 Å². The predicted molar refractivity (Wildman–Crippen MR) is 118 cm³/mol. The van der Waals surface area contributed by atoms with E-state index in [4.69, 9.17) is 13.9 Å². The molecule has 0 unspecified atom stereocenters. The van der Waals surface area contributed by atoms with Gasteiger partial charge in [-0.1, -0.05) is 24.3 Å². The largest absolute Gasteiger partial charge is 0.497 e. The highest BCUT2D eigenvalue weighted by Crippen LogP contribution is 2.28. The average molecular weight is 421 g/mol. The summed E-state index contributed by atoms with van der Waals surface area (Å²) in [4.78, 5) is 19.3. The first-order chi connectivity index (χ1) is 15.1. The fourth-order valence-electron chi connectivity index (χ4n) is 4.01. The van der Waals surface area contributed by atoms with Crippen LogP contribution < -0.4 is 9.47 Å².